The Morgan fingerprint density at radius 1 is 0.875 bits per heavy atom. The first-order valence-electron chi connectivity index (χ1n) is 22.1. The summed E-state index contributed by atoms with van der Waals surface area (Å²) in [5.41, 5.74) is 9.40. The topological polar surface area (TPSA) is 194 Å². The maximum absolute atomic E-state index is 12.9. The quantitative estimate of drug-likeness (QED) is 0.138. The summed E-state index contributed by atoms with van der Waals surface area (Å²) in [4.78, 5) is 72.5. The molecular weight excluding hydrogens is 811 g/mol. The van der Waals surface area contributed by atoms with Crippen LogP contribution in [0.1, 0.15) is 86.2 Å². The van der Waals surface area contributed by atoms with Gasteiger partial charge in [-0.1, -0.05) is 38.1 Å². The monoisotopic (exact) mass is 865 g/mol. The molecule has 3 aliphatic heterocycles. The highest BCUT2D eigenvalue weighted by Crippen LogP contribution is 2.32. The summed E-state index contributed by atoms with van der Waals surface area (Å²) < 4.78 is 5.24. The molecule has 0 spiro atoms. The Morgan fingerprint density at radius 2 is 1.64 bits per heavy atom. The number of aromatic amines is 1. The Bertz CT molecular complexity index is 2690. The number of benzene rings is 2. The van der Waals surface area contributed by atoms with Gasteiger partial charge < -0.3 is 24.6 Å². The van der Waals surface area contributed by atoms with Gasteiger partial charge in [-0.05, 0) is 92.6 Å². The van der Waals surface area contributed by atoms with E-state index in [9.17, 15) is 14.4 Å². The number of aryl methyl sites for hydroxylation is 2. The minimum absolute atomic E-state index is 0.0581. The average Bonchev–Trinajstić information content (AvgIpc) is 3.97. The number of piperazine rings is 1. The molecule has 0 saturated carbocycles. The third-order valence-corrected chi connectivity index (χ3v) is 12.7. The predicted octanol–water partition coefficient (Wildman–Crippen LogP) is 6.36. The van der Waals surface area contributed by atoms with E-state index in [0.29, 0.717) is 36.2 Å². The zero-order valence-corrected chi connectivity index (χ0v) is 37.3. The Hall–Kier alpha value is -6.75. The maximum Gasteiger partial charge on any atom is 0.328 e. The highest BCUT2D eigenvalue weighted by molar-refractivity contribution is 6.06. The van der Waals surface area contributed by atoms with Crippen LogP contribution >= 0.6 is 0 Å². The first-order chi connectivity index (χ1) is 30.8. The minimum Gasteiger partial charge on any atom is -0.372 e. The number of nitrogens with zero attached hydrogens (tertiary/aromatic N) is 10. The molecule has 3 saturated heterocycles. The van der Waals surface area contributed by atoms with E-state index in [1.54, 1.807) is 4.90 Å². The van der Waals surface area contributed by atoms with Crippen molar-refractivity contribution in [2.24, 2.45) is 5.92 Å². The fraction of sp³-hybridized carbons (Fsp3) is 0.426. The maximum atomic E-state index is 12.9. The van der Waals surface area contributed by atoms with Crippen LogP contribution in [0.15, 0.2) is 65.6 Å². The summed E-state index contributed by atoms with van der Waals surface area (Å²) in [6.45, 7) is 19.3. The number of hydrogen-bond acceptors (Lipinski definition) is 13. The molecule has 6 aromatic rings. The summed E-state index contributed by atoms with van der Waals surface area (Å²) in [7, 11) is 0. The number of hydrogen-bond donors (Lipinski definition) is 3. The van der Waals surface area contributed by atoms with Gasteiger partial charge in [0, 0.05) is 81.1 Å². The van der Waals surface area contributed by atoms with E-state index in [2.05, 4.69) is 74.7 Å². The molecule has 64 heavy (non-hydrogen) atoms. The number of imide groups is 1. The van der Waals surface area contributed by atoms with Gasteiger partial charge in [-0.15, -0.1) is 0 Å². The largest absolute Gasteiger partial charge is 0.372 e. The van der Waals surface area contributed by atoms with E-state index in [-0.39, 0.29) is 29.3 Å². The number of piperidine rings is 1. The number of rotatable bonds is 10. The molecule has 332 valence electrons. The van der Waals surface area contributed by atoms with Crippen LogP contribution in [0.2, 0.25) is 0 Å². The van der Waals surface area contributed by atoms with Gasteiger partial charge in [-0.25, -0.2) is 19.7 Å². The van der Waals surface area contributed by atoms with E-state index in [1.165, 1.54) is 12.0 Å². The lowest BCUT2D eigenvalue weighted by Gasteiger charge is -2.40. The van der Waals surface area contributed by atoms with Crippen LogP contribution in [0.4, 0.5) is 21.9 Å². The zero-order chi connectivity index (χ0) is 44.7. The van der Waals surface area contributed by atoms with Crippen molar-refractivity contribution in [3.8, 4) is 22.8 Å². The number of carbonyl (C=O) groups is 3. The van der Waals surface area contributed by atoms with Crippen LogP contribution in [0, 0.1) is 19.8 Å². The van der Waals surface area contributed by atoms with Crippen LogP contribution < -0.4 is 25.3 Å². The van der Waals surface area contributed by atoms with Gasteiger partial charge in [-0.2, -0.15) is 4.98 Å². The lowest BCUT2D eigenvalue weighted by atomic mass is 9.95. The molecule has 1 atom stereocenters. The number of nitrogens with one attached hydrogen (secondary N) is 3. The van der Waals surface area contributed by atoms with Crippen LogP contribution in [-0.2, 0) is 10.2 Å². The number of H-pyrrole nitrogens is 1. The highest BCUT2D eigenvalue weighted by Gasteiger charge is 2.29. The molecule has 17 heteroatoms. The lowest BCUT2D eigenvalue weighted by Crippen LogP contribution is -2.49. The summed E-state index contributed by atoms with van der Waals surface area (Å²) in [6.07, 6.45) is 6.07. The molecule has 4 aromatic heterocycles. The molecule has 3 N–H and O–H groups in total. The Balaban J connectivity index is 0.771. The molecule has 3 aliphatic rings. The second-order valence-corrected chi connectivity index (χ2v) is 18.3. The summed E-state index contributed by atoms with van der Waals surface area (Å²) >= 11 is 0. The van der Waals surface area contributed by atoms with E-state index in [1.807, 2.05) is 72.0 Å². The van der Waals surface area contributed by atoms with E-state index in [0.717, 1.165) is 109 Å². The lowest BCUT2D eigenvalue weighted by molar-refractivity contribution is -0.120. The summed E-state index contributed by atoms with van der Waals surface area (Å²) in [5.74, 6) is 1.06. The number of fused-ring (bicyclic) bond motifs is 1. The second-order valence-electron chi connectivity index (χ2n) is 18.3. The number of pyridine rings is 1. The van der Waals surface area contributed by atoms with Gasteiger partial charge in [0.25, 0.3) is 0 Å². The predicted molar refractivity (Wildman–Crippen MR) is 244 cm³/mol. The molecule has 7 heterocycles. The van der Waals surface area contributed by atoms with E-state index < -0.39 is 5.91 Å². The first-order valence-corrected chi connectivity index (χ1v) is 22.1. The molecule has 9 rings (SSSR count). The molecule has 1 unspecified atom stereocenters. The minimum atomic E-state index is -0.421. The number of aromatic nitrogens is 7. The Labute approximate surface area is 372 Å². The van der Waals surface area contributed by atoms with E-state index >= 15 is 0 Å². The van der Waals surface area contributed by atoms with Crippen molar-refractivity contribution >= 4 is 46.1 Å². The van der Waals surface area contributed by atoms with Gasteiger partial charge in [-0.3, -0.25) is 29.7 Å². The fourth-order valence-electron chi connectivity index (χ4n) is 9.01. The van der Waals surface area contributed by atoms with Crippen molar-refractivity contribution < 1.29 is 18.9 Å². The number of imidazole rings is 1. The normalized spacial score (nSPS) is 17.2. The van der Waals surface area contributed by atoms with Crippen molar-refractivity contribution in [1.82, 2.24) is 50.6 Å². The molecule has 4 amide bonds. The Morgan fingerprint density at radius 3 is 2.33 bits per heavy atom. The summed E-state index contributed by atoms with van der Waals surface area (Å²) in [6, 6.07) is 15.8. The van der Waals surface area contributed by atoms with Crippen LogP contribution in [0.5, 0.6) is 0 Å². The molecule has 3 fully saturated rings. The smallest absolute Gasteiger partial charge is 0.328 e. The SMILES string of the molecule is Cc1cc(-c2ncnc3nc(-c4ccc(N5CCN(CC6CCN(c7ccc(N8CCC(=O)NC8=O)c(C)c7)CC6)CC5)cn4)[nH]c23)ccc1C(C)NC(=O)c1nc(C(C)(C)C)no1. The number of urea groups is 1. The van der Waals surface area contributed by atoms with Crippen molar-refractivity contribution in [3.63, 3.8) is 0 Å². The molecule has 17 nitrogen and oxygen atoms in total. The second kappa shape index (κ2) is 17.4. The fourth-order valence-corrected chi connectivity index (χ4v) is 9.01. The Kier molecular flexibility index (Phi) is 11.6. The average molecular weight is 866 g/mol. The number of amides is 4. The molecule has 0 bridgehead atoms. The standard InChI is InChI=1S/C47H55N13O4/c1-28-23-32(7-10-35(28)30(3)51-43(62)44-55-45(56-64-44)47(4,5)6)39-40-42(50-27-49-39)54-41(53-40)36-11-8-34(25-48-36)59-21-19-57(20-22-59)26-31-13-16-58(17-14-31)33-9-12-37(29(2)24-33)60-18-15-38(61)52-46(60)63/h7-12,23-25,27,30-31H,13-22,26H2,1-6H3,(H,51,62)(H,52,61,63)(H,49,50,53,54). The highest BCUT2D eigenvalue weighted by atomic mass is 16.5. The van der Waals surface area contributed by atoms with Crippen molar-refractivity contribution in [3.05, 3.63) is 89.5 Å². The van der Waals surface area contributed by atoms with Crippen LogP contribution in [-0.4, -0.2) is 110 Å². The van der Waals surface area contributed by atoms with E-state index in [4.69, 9.17) is 14.5 Å². The van der Waals surface area contributed by atoms with Crippen LogP contribution in [0.25, 0.3) is 33.9 Å². The summed E-state index contributed by atoms with van der Waals surface area (Å²) in [5, 5.41) is 9.38. The van der Waals surface area contributed by atoms with Gasteiger partial charge in [0.15, 0.2) is 17.3 Å². The van der Waals surface area contributed by atoms with Crippen molar-refractivity contribution in [2.75, 3.05) is 67.1 Å². The molecule has 0 radical (unpaired) electrons. The third-order valence-electron chi connectivity index (χ3n) is 12.7. The zero-order valence-electron chi connectivity index (χ0n) is 37.3. The first kappa shape index (κ1) is 42.5. The van der Waals surface area contributed by atoms with Gasteiger partial charge in [0.1, 0.15) is 17.5 Å². The number of carbonyl (C=O) groups excluding carboxylic acids is 3. The van der Waals surface area contributed by atoms with Gasteiger partial charge >= 0.3 is 17.8 Å². The van der Waals surface area contributed by atoms with Gasteiger partial charge in [0.2, 0.25) is 5.91 Å². The molecule has 2 aromatic carbocycles. The molecular formula is C47H55N13O4. The van der Waals surface area contributed by atoms with Crippen molar-refractivity contribution in [1.29, 1.82) is 0 Å². The number of anilines is 3. The molecule has 0 aliphatic carbocycles. The van der Waals surface area contributed by atoms with Gasteiger partial charge in [0.05, 0.1) is 23.6 Å². The third kappa shape index (κ3) is 8.89. The van der Waals surface area contributed by atoms with Crippen molar-refractivity contribution in [2.45, 2.75) is 72.3 Å². The van der Waals surface area contributed by atoms with Crippen LogP contribution in [0.3, 0.4) is 0 Å².